The van der Waals surface area contributed by atoms with E-state index in [1.807, 2.05) is 31.2 Å². The van der Waals surface area contributed by atoms with E-state index in [-0.39, 0.29) is 5.91 Å². The number of fused-ring (bicyclic) bond motifs is 2. The van der Waals surface area contributed by atoms with Crippen LogP contribution >= 0.6 is 15.9 Å². The van der Waals surface area contributed by atoms with E-state index in [1.54, 1.807) is 11.6 Å². The standard InChI is InChI=1S/C27H32BrN3O/c1-17(19-7-9-21(28)10-8-19)11-26(32)29-14-18-12-23-22-5-4-6-24-27(22)20(16-31(24)3)13-25(23)30(2)15-18/h4-11,16,18,22-23,25,27H,12-15H2,1-3H3,(H,29,32)/b17-11+/t18-,22?,23+,25+,27?/m0/s1. The lowest BCUT2D eigenvalue weighted by Crippen LogP contribution is -2.54. The molecule has 2 fully saturated rings. The van der Waals surface area contributed by atoms with Gasteiger partial charge in [0.05, 0.1) is 0 Å². The van der Waals surface area contributed by atoms with Gasteiger partial charge in [-0.1, -0.05) is 40.2 Å². The lowest BCUT2D eigenvalue weighted by Gasteiger charge is -2.51. The molecule has 1 aromatic rings. The molecule has 2 heterocycles. The van der Waals surface area contributed by atoms with E-state index in [0.29, 0.717) is 29.7 Å². The van der Waals surface area contributed by atoms with E-state index in [4.69, 9.17) is 0 Å². The van der Waals surface area contributed by atoms with Gasteiger partial charge in [-0.2, -0.15) is 0 Å². The van der Waals surface area contributed by atoms with Gasteiger partial charge in [-0.3, -0.25) is 4.79 Å². The third-order valence-electron chi connectivity index (χ3n) is 7.83. The molecule has 5 heteroatoms. The van der Waals surface area contributed by atoms with Crippen LogP contribution in [0.4, 0.5) is 0 Å². The van der Waals surface area contributed by atoms with Crippen molar-refractivity contribution >= 4 is 27.4 Å². The fourth-order valence-electron chi connectivity index (χ4n) is 6.33. The second-order valence-electron chi connectivity index (χ2n) is 9.90. The highest BCUT2D eigenvalue weighted by molar-refractivity contribution is 9.10. The van der Waals surface area contributed by atoms with Crippen molar-refractivity contribution in [1.82, 2.24) is 15.1 Å². The number of amides is 1. The maximum atomic E-state index is 12.6. The van der Waals surface area contributed by atoms with Crippen LogP contribution in [-0.4, -0.2) is 48.9 Å². The molecule has 0 radical (unpaired) electrons. The Morgan fingerprint density at radius 3 is 2.81 bits per heavy atom. The summed E-state index contributed by atoms with van der Waals surface area (Å²) in [6.07, 6.45) is 13.4. The van der Waals surface area contributed by atoms with Gasteiger partial charge in [-0.05, 0) is 79.5 Å². The zero-order valence-corrected chi connectivity index (χ0v) is 20.7. The zero-order chi connectivity index (χ0) is 22.4. The summed E-state index contributed by atoms with van der Waals surface area (Å²) in [5.41, 5.74) is 5.11. The van der Waals surface area contributed by atoms with Crippen LogP contribution in [0, 0.1) is 23.7 Å². The molecule has 4 nitrogen and oxygen atoms in total. The van der Waals surface area contributed by atoms with Crippen LogP contribution in [0.25, 0.3) is 5.57 Å². The topological polar surface area (TPSA) is 35.6 Å². The number of benzene rings is 1. The first kappa shape index (κ1) is 21.7. The van der Waals surface area contributed by atoms with Gasteiger partial charge < -0.3 is 15.1 Å². The van der Waals surface area contributed by atoms with Crippen molar-refractivity contribution in [1.29, 1.82) is 0 Å². The molecular formula is C27H32BrN3O. The molecule has 2 unspecified atom stereocenters. The maximum absolute atomic E-state index is 12.6. The lowest BCUT2D eigenvalue weighted by molar-refractivity contribution is -0.116. The Hall–Kier alpha value is -2.11. The van der Waals surface area contributed by atoms with Crippen molar-refractivity contribution < 1.29 is 4.79 Å². The number of halogens is 1. The van der Waals surface area contributed by atoms with Crippen LogP contribution < -0.4 is 5.32 Å². The summed E-state index contributed by atoms with van der Waals surface area (Å²) < 4.78 is 1.04. The number of hydrogen-bond donors (Lipinski definition) is 1. The normalized spacial score (nSPS) is 31.6. The number of carbonyl (C=O) groups excluding carboxylic acids is 1. The number of hydrogen-bond acceptors (Lipinski definition) is 3. The predicted octanol–water partition coefficient (Wildman–Crippen LogP) is 4.82. The van der Waals surface area contributed by atoms with E-state index in [2.05, 4.69) is 69.6 Å². The number of allylic oxidation sites excluding steroid dienone is 5. The largest absolute Gasteiger partial charge is 0.354 e. The first-order chi connectivity index (χ1) is 15.4. The van der Waals surface area contributed by atoms with Crippen LogP contribution in [-0.2, 0) is 4.79 Å². The Bertz CT molecular complexity index is 1020. The minimum absolute atomic E-state index is 0.00394. The Morgan fingerprint density at radius 2 is 2.03 bits per heavy atom. The maximum Gasteiger partial charge on any atom is 0.244 e. The van der Waals surface area contributed by atoms with E-state index < -0.39 is 0 Å². The van der Waals surface area contributed by atoms with Crippen LogP contribution in [0.3, 0.4) is 0 Å². The molecular weight excluding hydrogens is 462 g/mol. The third kappa shape index (κ3) is 4.01. The second-order valence-corrected chi connectivity index (χ2v) is 10.8. The highest BCUT2D eigenvalue weighted by Crippen LogP contribution is 2.52. The van der Waals surface area contributed by atoms with Crippen LogP contribution in [0.15, 0.2) is 70.5 Å². The number of piperidine rings is 1. The summed E-state index contributed by atoms with van der Waals surface area (Å²) in [5.74, 6) is 2.27. The summed E-state index contributed by atoms with van der Waals surface area (Å²) in [7, 11) is 4.45. The summed E-state index contributed by atoms with van der Waals surface area (Å²) in [6.45, 7) is 3.78. The Morgan fingerprint density at radius 1 is 1.25 bits per heavy atom. The number of rotatable bonds is 4. The van der Waals surface area contributed by atoms with Crippen LogP contribution in [0.5, 0.6) is 0 Å². The Kier molecular flexibility index (Phi) is 5.89. The van der Waals surface area contributed by atoms with Crippen molar-refractivity contribution in [3.8, 4) is 0 Å². The molecule has 4 aliphatic rings. The van der Waals surface area contributed by atoms with Gasteiger partial charge in [0, 0.05) is 54.5 Å². The molecule has 1 amide bonds. The average Bonchev–Trinajstić information content (AvgIpc) is 3.10. The van der Waals surface area contributed by atoms with Gasteiger partial charge >= 0.3 is 0 Å². The van der Waals surface area contributed by atoms with Gasteiger partial charge in [-0.25, -0.2) is 0 Å². The smallest absolute Gasteiger partial charge is 0.244 e. The summed E-state index contributed by atoms with van der Waals surface area (Å²) >= 11 is 3.46. The Balaban J connectivity index is 1.23. The van der Waals surface area contributed by atoms with Gasteiger partial charge in [0.1, 0.15) is 0 Å². The van der Waals surface area contributed by atoms with Crippen LogP contribution in [0.1, 0.15) is 25.3 Å². The molecule has 0 bridgehead atoms. The fraction of sp³-hybridized carbons (Fsp3) is 0.444. The molecule has 1 aromatic carbocycles. The van der Waals surface area contributed by atoms with Gasteiger partial charge in [0.25, 0.3) is 0 Å². The molecule has 2 aliphatic carbocycles. The minimum Gasteiger partial charge on any atom is -0.354 e. The number of likely N-dealkylation sites (tertiary alicyclic amines) is 1. The molecule has 5 rings (SSSR count). The molecule has 1 N–H and O–H groups in total. The Labute approximate surface area is 199 Å². The van der Waals surface area contributed by atoms with Crippen molar-refractivity contribution in [3.05, 3.63) is 76.1 Å². The minimum atomic E-state index is 0.00394. The van der Waals surface area contributed by atoms with Crippen molar-refractivity contribution in [2.75, 3.05) is 27.2 Å². The molecule has 0 spiro atoms. The first-order valence-electron chi connectivity index (χ1n) is 11.6. The zero-order valence-electron chi connectivity index (χ0n) is 19.1. The van der Waals surface area contributed by atoms with Crippen molar-refractivity contribution in [2.24, 2.45) is 23.7 Å². The summed E-state index contributed by atoms with van der Waals surface area (Å²) in [5, 5.41) is 3.19. The highest BCUT2D eigenvalue weighted by atomic mass is 79.9. The van der Waals surface area contributed by atoms with E-state index >= 15 is 0 Å². The van der Waals surface area contributed by atoms with E-state index in [0.717, 1.165) is 28.7 Å². The molecule has 0 aromatic heterocycles. The predicted molar refractivity (Wildman–Crippen MR) is 133 cm³/mol. The van der Waals surface area contributed by atoms with Crippen LogP contribution in [0.2, 0.25) is 0 Å². The second kappa shape index (κ2) is 8.68. The first-order valence-corrected chi connectivity index (χ1v) is 12.4. The molecule has 1 saturated carbocycles. The van der Waals surface area contributed by atoms with E-state index in [9.17, 15) is 4.79 Å². The van der Waals surface area contributed by atoms with E-state index in [1.165, 1.54) is 18.5 Å². The van der Waals surface area contributed by atoms with Crippen molar-refractivity contribution in [3.63, 3.8) is 0 Å². The monoisotopic (exact) mass is 493 g/mol. The number of nitrogens with zero attached hydrogens (tertiary/aromatic N) is 2. The molecule has 168 valence electrons. The fourth-order valence-corrected chi connectivity index (χ4v) is 6.59. The summed E-state index contributed by atoms with van der Waals surface area (Å²) in [6, 6.07) is 8.68. The molecule has 1 saturated heterocycles. The van der Waals surface area contributed by atoms with Gasteiger partial charge in [0.2, 0.25) is 5.91 Å². The highest BCUT2D eigenvalue weighted by Gasteiger charge is 2.49. The quantitative estimate of drug-likeness (QED) is 0.610. The summed E-state index contributed by atoms with van der Waals surface area (Å²) in [4.78, 5) is 17.5. The molecule has 2 aliphatic heterocycles. The number of nitrogens with one attached hydrogen (secondary N) is 1. The number of carbonyl (C=O) groups is 1. The van der Waals surface area contributed by atoms with Crippen molar-refractivity contribution in [2.45, 2.75) is 25.8 Å². The SMILES string of the molecule is C/C(=C\C(=O)NC[C@@H]1C[C@@H]2C3C=CC=C4C3C(=CN4C)C[C@H]2N(C)C1)c1ccc(Br)cc1. The van der Waals surface area contributed by atoms with Gasteiger partial charge in [0.15, 0.2) is 0 Å². The third-order valence-corrected chi connectivity index (χ3v) is 8.36. The molecule has 5 atom stereocenters. The lowest BCUT2D eigenvalue weighted by atomic mass is 9.61. The average molecular weight is 494 g/mol. The van der Waals surface area contributed by atoms with Gasteiger partial charge in [-0.15, -0.1) is 0 Å². The molecule has 32 heavy (non-hydrogen) atoms.